The van der Waals surface area contributed by atoms with Crippen molar-refractivity contribution in [3.63, 3.8) is 0 Å². The lowest BCUT2D eigenvalue weighted by atomic mass is 10.0. The number of carbonyl (C=O) groups excluding carboxylic acids is 2. The van der Waals surface area contributed by atoms with Crippen LogP contribution in [0.2, 0.25) is 15.2 Å². The molecule has 0 spiro atoms. The maximum atomic E-state index is 13.8. The molecule has 0 bridgehead atoms. The molecule has 0 unspecified atom stereocenters. The van der Waals surface area contributed by atoms with Crippen LogP contribution in [0.3, 0.4) is 0 Å². The Morgan fingerprint density at radius 2 is 1.90 bits per heavy atom. The standard InChI is InChI=1S/C21H18Cl3N5O2/c1-11(2)27-10-28(18-12(3)7-13(22)8-14(18)20(27)30)21(31)16-9-17(24)26-29(16)19-15(23)5-4-6-25-19/h4-9,11H,10H2,1-3H3. The summed E-state index contributed by atoms with van der Waals surface area (Å²) < 4.78 is 1.31. The fraction of sp³-hybridized carbons (Fsp3) is 0.238. The number of pyridine rings is 1. The summed E-state index contributed by atoms with van der Waals surface area (Å²) in [5.74, 6) is -0.300. The quantitative estimate of drug-likeness (QED) is 0.531. The number of amides is 2. The maximum Gasteiger partial charge on any atom is 0.278 e. The van der Waals surface area contributed by atoms with Crippen LogP contribution >= 0.6 is 34.8 Å². The first-order valence-electron chi connectivity index (χ1n) is 9.48. The number of fused-ring (bicyclic) bond motifs is 1. The zero-order valence-corrected chi connectivity index (χ0v) is 19.2. The fourth-order valence-electron chi connectivity index (χ4n) is 3.60. The molecule has 0 saturated carbocycles. The Kier molecular flexibility index (Phi) is 5.68. The maximum absolute atomic E-state index is 13.8. The first kappa shape index (κ1) is 21.6. The van der Waals surface area contributed by atoms with Crippen LogP contribution in [0.15, 0.2) is 36.5 Å². The van der Waals surface area contributed by atoms with E-state index in [-0.39, 0.29) is 35.3 Å². The van der Waals surface area contributed by atoms with Gasteiger partial charge in [0.1, 0.15) is 12.4 Å². The molecular weight excluding hydrogens is 461 g/mol. The minimum absolute atomic E-state index is 0.0730. The minimum Gasteiger partial charge on any atom is -0.318 e. The van der Waals surface area contributed by atoms with Crippen LogP contribution in [0, 0.1) is 6.92 Å². The van der Waals surface area contributed by atoms with Gasteiger partial charge in [-0.1, -0.05) is 34.8 Å². The third kappa shape index (κ3) is 3.78. The van der Waals surface area contributed by atoms with Gasteiger partial charge in [0, 0.05) is 23.3 Å². The van der Waals surface area contributed by atoms with Gasteiger partial charge in [0.2, 0.25) is 0 Å². The zero-order chi connectivity index (χ0) is 22.4. The summed E-state index contributed by atoms with van der Waals surface area (Å²) in [7, 11) is 0. The van der Waals surface area contributed by atoms with Crippen LogP contribution in [0.4, 0.5) is 5.69 Å². The summed E-state index contributed by atoms with van der Waals surface area (Å²) in [6.07, 6.45) is 1.55. The van der Waals surface area contributed by atoms with Crippen molar-refractivity contribution in [1.29, 1.82) is 0 Å². The number of aryl methyl sites for hydroxylation is 1. The van der Waals surface area contributed by atoms with Crippen molar-refractivity contribution in [2.45, 2.75) is 26.8 Å². The van der Waals surface area contributed by atoms with Crippen LogP contribution in [0.1, 0.15) is 40.3 Å². The predicted octanol–water partition coefficient (Wildman–Crippen LogP) is 5.00. The minimum atomic E-state index is -0.397. The highest BCUT2D eigenvalue weighted by atomic mass is 35.5. The Morgan fingerprint density at radius 1 is 1.16 bits per heavy atom. The van der Waals surface area contributed by atoms with Gasteiger partial charge < -0.3 is 4.90 Å². The predicted molar refractivity (Wildman–Crippen MR) is 121 cm³/mol. The second kappa shape index (κ2) is 8.15. The van der Waals surface area contributed by atoms with Gasteiger partial charge in [-0.05, 0) is 50.6 Å². The number of nitrogens with zero attached hydrogens (tertiary/aromatic N) is 5. The Labute approximate surface area is 194 Å². The van der Waals surface area contributed by atoms with Crippen molar-refractivity contribution in [3.05, 3.63) is 68.5 Å². The van der Waals surface area contributed by atoms with E-state index in [1.54, 1.807) is 35.4 Å². The highest BCUT2D eigenvalue weighted by Crippen LogP contribution is 2.35. The molecule has 1 aliphatic heterocycles. The van der Waals surface area contributed by atoms with E-state index in [2.05, 4.69) is 10.1 Å². The normalized spacial score (nSPS) is 13.7. The number of hydrogen-bond donors (Lipinski definition) is 0. The Hall–Kier alpha value is -2.61. The number of hydrogen-bond acceptors (Lipinski definition) is 4. The first-order valence-corrected chi connectivity index (χ1v) is 10.6. The summed E-state index contributed by atoms with van der Waals surface area (Å²) in [6, 6.07) is 7.96. The molecule has 7 nitrogen and oxygen atoms in total. The Bertz CT molecular complexity index is 1210. The van der Waals surface area contributed by atoms with E-state index in [4.69, 9.17) is 34.8 Å². The molecule has 0 saturated heterocycles. The van der Waals surface area contributed by atoms with Gasteiger partial charge in [-0.25, -0.2) is 9.67 Å². The molecule has 0 radical (unpaired) electrons. The van der Waals surface area contributed by atoms with E-state index >= 15 is 0 Å². The van der Waals surface area contributed by atoms with E-state index in [0.29, 0.717) is 26.9 Å². The number of carbonyl (C=O) groups is 2. The van der Waals surface area contributed by atoms with Crippen molar-refractivity contribution in [1.82, 2.24) is 19.7 Å². The van der Waals surface area contributed by atoms with Crippen LogP contribution < -0.4 is 4.90 Å². The van der Waals surface area contributed by atoms with Crippen molar-refractivity contribution >= 4 is 52.3 Å². The average Bonchev–Trinajstić information content (AvgIpc) is 3.09. The van der Waals surface area contributed by atoms with E-state index in [1.807, 2.05) is 20.8 Å². The van der Waals surface area contributed by atoms with Crippen molar-refractivity contribution in [3.8, 4) is 5.82 Å². The smallest absolute Gasteiger partial charge is 0.278 e. The van der Waals surface area contributed by atoms with Gasteiger partial charge in [-0.2, -0.15) is 5.10 Å². The third-order valence-corrected chi connectivity index (χ3v) is 5.73. The third-order valence-electron chi connectivity index (χ3n) is 5.03. The number of benzene rings is 1. The lowest BCUT2D eigenvalue weighted by Crippen LogP contribution is -2.52. The van der Waals surface area contributed by atoms with Crippen molar-refractivity contribution in [2.75, 3.05) is 11.6 Å². The van der Waals surface area contributed by atoms with Gasteiger partial charge in [-0.15, -0.1) is 0 Å². The van der Waals surface area contributed by atoms with E-state index in [9.17, 15) is 9.59 Å². The van der Waals surface area contributed by atoms with Gasteiger partial charge in [0.15, 0.2) is 11.0 Å². The van der Waals surface area contributed by atoms with Gasteiger partial charge in [0.25, 0.3) is 11.8 Å². The molecule has 3 aromatic rings. The molecule has 4 rings (SSSR count). The summed E-state index contributed by atoms with van der Waals surface area (Å²) >= 11 is 18.6. The highest BCUT2D eigenvalue weighted by Gasteiger charge is 2.37. The fourth-order valence-corrected chi connectivity index (χ4v) is 4.25. The molecule has 160 valence electrons. The summed E-state index contributed by atoms with van der Waals surface area (Å²) in [5.41, 5.74) is 1.75. The molecule has 31 heavy (non-hydrogen) atoms. The molecule has 3 heterocycles. The van der Waals surface area contributed by atoms with Gasteiger partial charge in [0.05, 0.1) is 16.3 Å². The highest BCUT2D eigenvalue weighted by molar-refractivity contribution is 6.32. The molecular formula is C21H18Cl3N5O2. The summed E-state index contributed by atoms with van der Waals surface area (Å²) in [5, 5.41) is 5.07. The first-order chi connectivity index (χ1) is 14.7. The van der Waals surface area contributed by atoms with Crippen LogP contribution in [0.5, 0.6) is 0 Å². The second-order valence-electron chi connectivity index (χ2n) is 7.44. The Balaban J connectivity index is 1.88. The summed E-state index contributed by atoms with van der Waals surface area (Å²) in [4.78, 5) is 34.2. The lowest BCUT2D eigenvalue weighted by Gasteiger charge is -2.39. The number of aromatic nitrogens is 3. The number of rotatable bonds is 3. The largest absolute Gasteiger partial charge is 0.318 e. The van der Waals surface area contributed by atoms with E-state index in [1.165, 1.54) is 15.6 Å². The molecule has 0 fully saturated rings. The molecule has 0 atom stereocenters. The molecule has 2 amide bonds. The molecule has 1 aliphatic rings. The van der Waals surface area contributed by atoms with Crippen LogP contribution in [-0.2, 0) is 0 Å². The SMILES string of the molecule is Cc1cc(Cl)cc2c1N(C(=O)c1cc(Cl)nn1-c1ncccc1Cl)CN(C(C)C)C2=O. The van der Waals surface area contributed by atoms with Crippen molar-refractivity contribution < 1.29 is 9.59 Å². The van der Waals surface area contributed by atoms with Crippen LogP contribution in [-0.4, -0.2) is 44.2 Å². The van der Waals surface area contributed by atoms with E-state index < -0.39 is 5.91 Å². The molecule has 1 aromatic carbocycles. The Morgan fingerprint density at radius 3 is 2.58 bits per heavy atom. The summed E-state index contributed by atoms with van der Waals surface area (Å²) in [6.45, 7) is 5.65. The molecule has 0 N–H and O–H groups in total. The topological polar surface area (TPSA) is 71.3 Å². The van der Waals surface area contributed by atoms with Crippen LogP contribution in [0.25, 0.3) is 5.82 Å². The molecule has 0 aliphatic carbocycles. The number of halogens is 3. The lowest BCUT2D eigenvalue weighted by molar-refractivity contribution is 0.0677. The van der Waals surface area contributed by atoms with Gasteiger partial charge >= 0.3 is 0 Å². The number of anilines is 1. The average molecular weight is 479 g/mol. The van der Waals surface area contributed by atoms with Gasteiger partial charge in [-0.3, -0.25) is 14.5 Å². The molecule has 10 heteroatoms. The second-order valence-corrected chi connectivity index (χ2v) is 8.67. The monoisotopic (exact) mass is 477 g/mol. The van der Waals surface area contributed by atoms with Crippen molar-refractivity contribution in [2.24, 2.45) is 0 Å². The molecule has 2 aromatic heterocycles. The van der Waals surface area contributed by atoms with E-state index in [0.717, 1.165) is 0 Å². The zero-order valence-electron chi connectivity index (χ0n) is 16.9.